The molecule has 0 bridgehead atoms. The van der Waals surface area contributed by atoms with Crippen molar-refractivity contribution in [1.29, 1.82) is 0 Å². The molecule has 0 saturated heterocycles. The number of unbranched alkanes of at least 4 members (excludes halogenated alkanes) is 8. The zero-order valence-electron chi connectivity index (χ0n) is 15.5. The van der Waals surface area contributed by atoms with Crippen LogP contribution in [-0.4, -0.2) is 12.6 Å². The smallest absolute Gasteiger partial charge is 0.306 e. The van der Waals surface area contributed by atoms with Crippen LogP contribution in [-0.2, 0) is 16.1 Å². The van der Waals surface area contributed by atoms with Gasteiger partial charge in [0.15, 0.2) is 0 Å². The van der Waals surface area contributed by atoms with Gasteiger partial charge in [0.1, 0.15) is 12.4 Å². The zero-order chi connectivity index (χ0) is 17.5. The molecule has 0 radical (unpaired) electrons. The fourth-order valence-electron chi connectivity index (χ4n) is 2.71. The van der Waals surface area contributed by atoms with Crippen molar-refractivity contribution in [2.45, 2.75) is 84.7 Å². The van der Waals surface area contributed by atoms with Gasteiger partial charge in [-0.25, -0.2) is 0 Å². The van der Waals surface area contributed by atoms with Gasteiger partial charge >= 0.3 is 5.97 Å². The maximum Gasteiger partial charge on any atom is 0.306 e. The lowest BCUT2D eigenvalue weighted by Gasteiger charge is -2.07. The average molecular weight is 335 g/mol. The van der Waals surface area contributed by atoms with E-state index in [9.17, 15) is 4.79 Å². The van der Waals surface area contributed by atoms with E-state index >= 15 is 0 Å². The molecule has 24 heavy (non-hydrogen) atoms. The van der Waals surface area contributed by atoms with E-state index in [1.165, 1.54) is 44.9 Å². The maximum absolute atomic E-state index is 11.8. The van der Waals surface area contributed by atoms with Crippen molar-refractivity contribution >= 4 is 5.97 Å². The second kappa shape index (κ2) is 13.9. The lowest BCUT2D eigenvalue weighted by atomic mass is 10.1. The van der Waals surface area contributed by atoms with Gasteiger partial charge in [0.05, 0.1) is 6.61 Å². The van der Waals surface area contributed by atoms with Gasteiger partial charge in [-0.15, -0.1) is 0 Å². The molecule has 0 aliphatic carbocycles. The van der Waals surface area contributed by atoms with E-state index in [0.717, 1.165) is 24.2 Å². The molecular formula is C21H34O3. The van der Waals surface area contributed by atoms with Crippen molar-refractivity contribution in [2.24, 2.45) is 0 Å². The molecule has 0 aliphatic heterocycles. The van der Waals surface area contributed by atoms with E-state index in [2.05, 4.69) is 6.92 Å². The summed E-state index contributed by atoms with van der Waals surface area (Å²) in [6, 6.07) is 7.72. The summed E-state index contributed by atoms with van der Waals surface area (Å²) in [5, 5.41) is 0. The molecule has 0 saturated carbocycles. The number of hydrogen-bond acceptors (Lipinski definition) is 3. The minimum atomic E-state index is -0.0974. The molecule has 0 aromatic heterocycles. The minimum absolute atomic E-state index is 0.0974. The lowest BCUT2D eigenvalue weighted by molar-refractivity contribution is -0.145. The standard InChI is InChI=1S/C21H34O3/c1-3-5-6-7-8-9-10-11-12-16-21(22)24-18-19-14-13-15-20(17-19)23-4-2/h13-15,17H,3-12,16,18H2,1-2H3. The third kappa shape index (κ3) is 10.3. The number of rotatable bonds is 14. The second-order valence-electron chi connectivity index (χ2n) is 6.32. The highest BCUT2D eigenvalue weighted by molar-refractivity contribution is 5.69. The van der Waals surface area contributed by atoms with Crippen molar-refractivity contribution < 1.29 is 14.3 Å². The highest BCUT2D eigenvalue weighted by atomic mass is 16.5. The first-order valence-electron chi connectivity index (χ1n) is 9.63. The van der Waals surface area contributed by atoms with Crippen LogP contribution in [0, 0.1) is 0 Å². The third-order valence-electron chi connectivity index (χ3n) is 4.09. The molecule has 0 aliphatic rings. The Labute approximate surface area is 147 Å². The number of benzene rings is 1. The Bertz CT molecular complexity index is 442. The summed E-state index contributed by atoms with van der Waals surface area (Å²) in [6.07, 6.45) is 11.8. The third-order valence-corrected chi connectivity index (χ3v) is 4.09. The Hall–Kier alpha value is -1.51. The normalized spacial score (nSPS) is 10.6. The van der Waals surface area contributed by atoms with Crippen LogP contribution in [0.15, 0.2) is 24.3 Å². The van der Waals surface area contributed by atoms with Gasteiger partial charge in [-0.3, -0.25) is 4.79 Å². The number of carbonyl (C=O) groups is 1. The van der Waals surface area contributed by atoms with Crippen molar-refractivity contribution in [2.75, 3.05) is 6.61 Å². The SMILES string of the molecule is CCCCCCCCCCCC(=O)OCc1cccc(OCC)c1. The van der Waals surface area contributed by atoms with Crippen molar-refractivity contribution in [1.82, 2.24) is 0 Å². The van der Waals surface area contributed by atoms with Crippen LogP contribution in [0.5, 0.6) is 5.75 Å². The van der Waals surface area contributed by atoms with Crippen molar-refractivity contribution in [3.05, 3.63) is 29.8 Å². The molecule has 1 aromatic rings. The summed E-state index contributed by atoms with van der Waals surface area (Å²) in [4.78, 5) is 11.8. The molecule has 0 heterocycles. The Balaban J connectivity index is 2.03. The first-order valence-corrected chi connectivity index (χ1v) is 9.63. The molecule has 0 N–H and O–H groups in total. The fraction of sp³-hybridized carbons (Fsp3) is 0.667. The van der Waals surface area contributed by atoms with Gasteiger partial charge in [0, 0.05) is 6.42 Å². The lowest BCUT2D eigenvalue weighted by Crippen LogP contribution is -2.04. The molecule has 0 spiro atoms. The van der Waals surface area contributed by atoms with E-state index in [1.54, 1.807) is 0 Å². The van der Waals surface area contributed by atoms with Gasteiger partial charge in [0.25, 0.3) is 0 Å². The molecule has 1 rings (SSSR count). The molecule has 0 atom stereocenters. The molecule has 3 nitrogen and oxygen atoms in total. The summed E-state index contributed by atoms with van der Waals surface area (Å²) < 4.78 is 10.8. The maximum atomic E-state index is 11.8. The van der Waals surface area contributed by atoms with Crippen LogP contribution in [0.4, 0.5) is 0 Å². The Morgan fingerprint density at radius 3 is 2.25 bits per heavy atom. The molecule has 136 valence electrons. The van der Waals surface area contributed by atoms with Gasteiger partial charge in [-0.1, -0.05) is 70.4 Å². The summed E-state index contributed by atoms with van der Waals surface area (Å²) in [7, 11) is 0. The van der Waals surface area contributed by atoms with E-state index in [-0.39, 0.29) is 5.97 Å². The van der Waals surface area contributed by atoms with E-state index in [1.807, 2.05) is 31.2 Å². The monoisotopic (exact) mass is 334 g/mol. The molecule has 1 aromatic carbocycles. The van der Waals surface area contributed by atoms with Gasteiger partial charge in [-0.05, 0) is 31.0 Å². The first kappa shape index (κ1) is 20.5. The molecule has 0 unspecified atom stereocenters. The number of esters is 1. The van der Waals surface area contributed by atoms with Crippen LogP contribution >= 0.6 is 0 Å². The fourth-order valence-corrected chi connectivity index (χ4v) is 2.71. The van der Waals surface area contributed by atoms with Crippen LogP contribution in [0.3, 0.4) is 0 Å². The molecular weight excluding hydrogens is 300 g/mol. The van der Waals surface area contributed by atoms with Crippen LogP contribution in [0.1, 0.15) is 83.6 Å². The van der Waals surface area contributed by atoms with Crippen molar-refractivity contribution in [3.63, 3.8) is 0 Å². The minimum Gasteiger partial charge on any atom is -0.494 e. The molecule has 3 heteroatoms. The Morgan fingerprint density at radius 2 is 1.58 bits per heavy atom. The summed E-state index contributed by atoms with van der Waals surface area (Å²) in [5.41, 5.74) is 0.973. The predicted octanol–water partition coefficient (Wildman–Crippen LogP) is 6.05. The van der Waals surface area contributed by atoms with Gasteiger partial charge in [0.2, 0.25) is 0 Å². The predicted molar refractivity (Wildman–Crippen MR) is 99.3 cm³/mol. The average Bonchev–Trinajstić information content (AvgIpc) is 2.59. The van der Waals surface area contributed by atoms with Gasteiger partial charge < -0.3 is 9.47 Å². The van der Waals surface area contributed by atoms with E-state index in [4.69, 9.17) is 9.47 Å². The topological polar surface area (TPSA) is 35.5 Å². The summed E-state index contributed by atoms with van der Waals surface area (Å²) >= 11 is 0. The Kier molecular flexibility index (Phi) is 11.9. The highest BCUT2D eigenvalue weighted by Gasteiger charge is 2.04. The van der Waals surface area contributed by atoms with Crippen LogP contribution in [0.25, 0.3) is 0 Å². The van der Waals surface area contributed by atoms with E-state index in [0.29, 0.717) is 19.6 Å². The van der Waals surface area contributed by atoms with E-state index < -0.39 is 0 Å². The molecule has 0 amide bonds. The van der Waals surface area contributed by atoms with Crippen LogP contribution in [0.2, 0.25) is 0 Å². The largest absolute Gasteiger partial charge is 0.494 e. The quantitative estimate of drug-likeness (QED) is 0.307. The number of hydrogen-bond donors (Lipinski definition) is 0. The zero-order valence-corrected chi connectivity index (χ0v) is 15.5. The first-order chi connectivity index (χ1) is 11.8. The summed E-state index contributed by atoms with van der Waals surface area (Å²) in [6.45, 7) is 5.17. The summed E-state index contributed by atoms with van der Waals surface area (Å²) in [5.74, 6) is 0.727. The van der Waals surface area contributed by atoms with Crippen LogP contribution < -0.4 is 4.74 Å². The molecule has 0 fully saturated rings. The Morgan fingerprint density at radius 1 is 0.917 bits per heavy atom. The second-order valence-corrected chi connectivity index (χ2v) is 6.32. The van der Waals surface area contributed by atoms with Crippen molar-refractivity contribution in [3.8, 4) is 5.75 Å². The highest BCUT2D eigenvalue weighted by Crippen LogP contribution is 2.15. The number of ether oxygens (including phenoxy) is 2. The van der Waals surface area contributed by atoms with Gasteiger partial charge in [-0.2, -0.15) is 0 Å². The number of carbonyl (C=O) groups excluding carboxylic acids is 1.